The Morgan fingerprint density at radius 1 is 0.277 bits per heavy atom. The Kier molecular flexibility index (Phi) is 34.6. The SMILES string of the molecule is CCCCCCCCCCCCCCCCCCN1C=CN(CCCCCCCCCCCCC)C1CCCCCCCCCCC. The molecule has 0 bridgehead atoms. The molecule has 280 valence electrons. The van der Waals surface area contributed by atoms with Gasteiger partial charge in [-0.05, 0) is 25.7 Å². The number of rotatable bonds is 39. The summed E-state index contributed by atoms with van der Waals surface area (Å²) in [7, 11) is 0. The fraction of sp³-hybridized carbons (Fsp3) is 0.956. The average Bonchev–Trinajstić information content (AvgIpc) is 3.47. The molecule has 0 aromatic carbocycles. The highest BCUT2D eigenvalue weighted by molar-refractivity contribution is 4.97. The number of unbranched alkanes of at least 4 members (excludes halogenated alkanes) is 33. The van der Waals surface area contributed by atoms with Gasteiger partial charge in [0.15, 0.2) is 0 Å². The third-order valence-electron chi connectivity index (χ3n) is 11.1. The van der Waals surface area contributed by atoms with Crippen molar-refractivity contribution in [2.75, 3.05) is 13.1 Å². The second-order valence-electron chi connectivity index (χ2n) is 15.7. The fourth-order valence-electron chi connectivity index (χ4n) is 7.78. The summed E-state index contributed by atoms with van der Waals surface area (Å²) in [6, 6.07) is 0. The molecule has 0 aromatic heterocycles. The maximum atomic E-state index is 2.73. The van der Waals surface area contributed by atoms with Crippen LogP contribution >= 0.6 is 0 Å². The molecule has 2 nitrogen and oxygen atoms in total. The second-order valence-corrected chi connectivity index (χ2v) is 15.7. The standard InChI is InChI=1S/C45H90N2/c1-4-7-10-13-16-19-21-22-23-24-25-27-30-33-36-39-42-47-44-43-46(41-38-35-32-29-26-20-17-14-11-8-5-2)45(47)40-37-34-31-28-18-15-12-9-6-3/h43-45H,4-42H2,1-3H3. The van der Waals surface area contributed by atoms with E-state index in [0.29, 0.717) is 6.17 Å². The van der Waals surface area contributed by atoms with E-state index in [9.17, 15) is 0 Å². The minimum absolute atomic E-state index is 0.638. The molecule has 0 N–H and O–H groups in total. The second kappa shape index (κ2) is 36.6. The summed E-state index contributed by atoms with van der Waals surface area (Å²) >= 11 is 0. The monoisotopic (exact) mass is 659 g/mol. The van der Waals surface area contributed by atoms with E-state index in [1.807, 2.05) is 0 Å². The van der Waals surface area contributed by atoms with Gasteiger partial charge in [0.05, 0.1) is 0 Å². The predicted octanol–water partition coefficient (Wildman–Crippen LogP) is 15.9. The van der Waals surface area contributed by atoms with Gasteiger partial charge in [0.1, 0.15) is 6.17 Å². The minimum atomic E-state index is 0.638. The highest BCUT2D eigenvalue weighted by Crippen LogP contribution is 2.24. The van der Waals surface area contributed by atoms with Crippen molar-refractivity contribution in [2.45, 2.75) is 265 Å². The van der Waals surface area contributed by atoms with Crippen molar-refractivity contribution in [3.8, 4) is 0 Å². The first-order chi connectivity index (χ1) is 23.3. The molecule has 1 aliphatic heterocycles. The Morgan fingerprint density at radius 3 is 0.745 bits per heavy atom. The lowest BCUT2D eigenvalue weighted by Gasteiger charge is -2.33. The summed E-state index contributed by atoms with van der Waals surface area (Å²) < 4.78 is 0. The summed E-state index contributed by atoms with van der Waals surface area (Å²) in [5.74, 6) is 0. The highest BCUT2D eigenvalue weighted by Gasteiger charge is 2.24. The fourth-order valence-corrected chi connectivity index (χ4v) is 7.78. The third kappa shape index (κ3) is 28.8. The largest absolute Gasteiger partial charge is 0.356 e. The summed E-state index contributed by atoms with van der Waals surface area (Å²) in [6.45, 7) is 9.49. The van der Waals surface area contributed by atoms with E-state index in [-0.39, 0.29) is 0 Å². The van der Waals surface area contributed by atoms with Crippen LogP contribution in [0.5, 0.6) is 0 Å². The van der Waals surface area contributed by atoms with Gasteiger partial charge in [-0.3, -0.25) is 0 Å². The van der Waals surface area contributed by atoms with Gasteiger partial charge in [0, 0.05) is 25.5 Å². The van der Waals surface area contributed by atoms with E-state index in [4.69, 9.17) is 0 Å². The van der Waals surface area contributed by atoms with E-state index in [1.165, 1.54) is 251 Å². The third-order valence-corrected chi connectivity index (χ3v) is 11.1. The van der Waals surface area contributed by atoms with Gasteiger partial charge < -0.3 is 9.80 Å². The predicted molar refractivity (Wildman–Crippen MR) is 214 cm³/mol. The lowest BCUT2D eigenvalue weighted by molar-refractivity contribution is 0.135. The lowest BCUT2D eigenvalue weighted by Crippen LogP contribution is -2.39. The normalized spacial score (nSPS) is 14.7. The number of hydrogen-bond acceptors (Lipinski definition) is 2. The summed E-state index contributed by atoms with van der Waals surface area (Å²) in [4.78, 5) is 5.46. The van der Waals surface area contributed by atoms with E-state index in [2.05, 4.69) is 43.0 Å². The van der Waals surface area contributed by atoms with Crippen LogP contribution in [0.15, 0.2) is 12.4 Å². The Hall–Kier alpha value is -0.660. The molecular formula is C45H90N2. The number of hydrogen-bond donors (Lipinski definition) is 0. The van der Waals surface area contributed by atoms with Crippen LogP contribution in [-0.2, 0) is 0 Å². The van der Waals surface area contributed by atoms with Crippen molar-refractivity contribution >= 4 is 0 Å². The van der Waals surface area contributed by atoms with Gasteiger partial charge in [-0.15, -0.1) is 0 Å². The smallest absolute Gasteiger partial charge is 0.101 e. The first-order valence-corrected chi connectivity index (χ1v) is 22.5. The van der Waals surface area contributed by atoms with Gasteiger partial charge >= 0.3 is 0 Å². The molecule has 0 saturated heterocycles. The molecule has 0 spiro atoms. The molecule has 47 heavy (non-hydrogen) atoms. The Bertz CT molecular complexity index is 615. The average molecular weight is 659 g/mol. The first-order valence-electron chi connectivity index (χ1n) is 22.5. The van der Waals surface area contributed by atoms with Crippen LogP contribution in [0.3, 0.4) is 0 Å². The zero-order valence-corrected chi connectivity index (χ0v) is 33.2. The van der Waals surface area contributed by atoms with Crippen molar-refractivity contribution in [2.24, 2.45) is 0 Å². The molecule has 0 aliphatic carbocycles. The molecule has 1 heterocycles. The van der Waals surface area contributed by atoms with Gasteiger partial charge in [-0.2, -0.15) is 0 Å². The molecule has 0 aromatic rings. The summed E-state index contributed by atoms with van der Waals surface area (Å²) in [6.07, 6.45) is 58.9. The molecule has 0 fully saturated rings. The molecule has 1 atom stereocenters. The van der Waals surface area contributed by atoms with Gasteiger partial charge in [0.25, 0.3) is 0 Å². The zero-order chi connectivity index (χ0) is 33.7. The lowest BCUT2D eigenvalue weighted by atomic mass is 10.0. The van der Waals surface area contributed by atoms with Crippen LogP contribution in [0.4, 0.5) is 0 Å². The van der Waals surface area contributed by atoms with Crippen LogP contribution in [0.25, 0.3) is 0 Å². The molecular weight excluding hydrogens is 569 g/mol. The molecule has 1 rings (SSSR count). The van der Waals surface area contributed by atoms with E-state index in [0.717, 1.165) is 0 Å². The van der Waals surface area contributed by atoms with E-state index in [1.54, 1.807) is 0 Å². The summed E-state index contributed by atoms with van der Waals surface area (Å²) in [5.41, 5.74) is 0. The van der Waals surface area contributed by atoms with Crippen LogP contribution in [-0.4, -0.2) is 29.1 Å². The summed E-state index contributed by atoms with van der Waals surface area (Å²) in [5, 5.41) is 0. The van der Waals surface area contributed by atoms with E-state index < -0.39 is 0 Å². The topological polar surface area (TPSA) is 6.48 Å². The highest BCUT2D eigenvalue weighted by atomic mass is 15.4. The van der Waals surface area contributed by atoms with Crippen molar-refractivity contribution < 1.29 is 0 Å². The van der Waals surface area contributed by atoms with Crippen molar-refractivity contribution in [3.63, 3.8) is 0 Å². The van der Waals surface area contributed by atoms with Gasteiger partial charge in [-0.1, -0.05) is 233 Å². The van der Waals surface area contributed by atoms with Crippen molar-refractivity contribution in [1.29, 1.82) is 0 Å². The van der Waals surface area contributed by atoms with Crippen LogP contribution < -0.4 is 0 Å². The minimum Gasteiger partial charge on any atom is -0.356 e. The first kappa shape index (κ1) is 44.4. The Morgan fingerprint density at radius 2 is 0.489 bits per heavy atom. The Labute approximate surface area is 299 Å². The van der Waals surface area contributed by atoms with Crippen LogP contribution in [0.2, 0.25) is 0 Å². The Balaban J connectivity index is 2.17. The maximum absolute atomic E-state index is 2.73. The quantitative estimate of drug-likeness (QED) is 0.0606. The van der Waals surface area contributed by atoms with Crippen LogP contribution in [0, 0.1) is 0 Å². The van der Waals surface area contributed by atoms with Crippen molar-refractivity contribution in [1.82, 2.24) is 9.80 Å². The zero-order valence-electron chi connectivity index (χ0n) is 33.2. The molecule has 2 heteroatoms. The van der Waals surface area contributed by atoms with Gasteiger partial charge in [-0.25, -0.2) is 0 Å². The van der Waals surface area contributed by atoms with Crippen LogP contribution in [0.1, 0.15) is 258 Å². The molecule has 1 aliphatic rings. The molecule has 0 amide bonds. The van der Waals surface area contributed by atoms with E-state index >= 15 is 0 Å². The molecule has 0 saturated carbocycles. The maximum Gasteiger partial charge on any atom is 0.101 e. The molecule has 1 unspecified atom stereocenters. The van der Waals surface area contributed by atoms with Gasteiger partial charge in [0.2, 0.25) is 0 Å². The van der Waals surface area contributed by atoms with Crippen molar-refractivity contribution in [3.05, 3.63) is 12.4 Å². The number of nitrogens with zero attached hydrogens (tertiary/aromatic N) is 2. The molecule has 0 radical (unpaired) electrons.